The minimum atomic E-state index is -1.26. The van der Waals surface area contributed by atoms with Crippen molar-refractivity contribution < 1.29 is 19.4 Å². The van der Waals surface area contributed by atoms with E-state index in [0.717, 1.165) is 0 Å². The Balaban J connectivity index is 2.19. The predicted octanol–water partition coefficient (Wildman–Crippen LogP) is 1.48. The lowest BCUT2D eigenvalue weighted by Gasteiger charge is -2.25. The monoisotopic (exact) mass is 261 g/mol. The summed E-state index contributed by atoms with van der Waals surface area (Å²) in [6.45, 7) is 3.18. The fraction of sp³-hybridized carbons (Fsp3) is 0.429. The maximum absolute atomic E-state index is 12.0. The molecule has 5 heteroatoms. The molecule has 100 valence electrons. The van der Waals surface area contributed by atoms with Crippen LogP contribution in [0.3, 0.4) is 0 Å². The molecule has 0 bridgehead atoms. The molecule has 1 aliphatic rings. The van der Waals surface area contributed by atoms with Gasteiger partial charge in [-0.2, -0.15) is 5.26 Å². The van der Waals surface area contributed by atoms with Gasteiger partial charge in [-0.15, -0.1) is 0 Å². The molecule has 1 aromatic carbocycles. The van der Waals surface area contributed by atoms with Crippen LogP contribution in [0.15, 0.2) is 30.3 Å². The molecule has 1 N–H and O–H groups in total. The maximum Gasteiger partial charge on any atom is 0.338 e. The molecule has 2 rings (SSSR count). The summed E-state index contributed by atoms with van der Waals surface area (Å²) in [7, 11) is 0. The van der Waals surface area contributed by atoms with Crippen LogP contribution in [0, 0.1) is 16.7 Å². The molecule has 19 heavy (non-hydrogen) atoms. The first-order chi connectivity index (χ1) is 8.99. The van der Waals surface area contributed by atoms with Gasteiger partial charge in [0.05, 0.1) is 17.7 Å². The molecule has 1 aliphatic heterocycles. The van der Waals surface area contributed by atoms with Gasteiger partial charge in [0.25, 0.3) is 0 Å². The first-order valence-corrected chi connectivity index (χ1v) is 6.00. The zero-order chi connectivity index (χ0) is 14.0. The molecule has 1 saturated heterocycles. The summed E-state index contributed by atoms with van der Waals surface area (Å²) in [5.41, 5.74) is -0.861. The van der Waals surface area contributed by atoms with Crippen LogP contribution in [0.2, 0.25) is 0 Å². The third kappa shape index (κ3) is 2.33. The van der Waals surface area contributed by atoms with E-state index in [1.165, 1.54) is 6.92 Å². The maximum atomic E-state index is 12.0. The molecule has 0 radical (unpaired) electrons. The Kier molecular flexibility index (Phi) is 3.56. The Morgan fingerprint density at radius 3 is 2.68 bits per heavy atom. The van der Waals surface area contributed by atoms with Gasteiger partial charge in [-0.1, -0.05) is 18.2 Å². The van der Waals surface area contributed by atoms with Crippen molar-refractivity contribution in [3.8, 4) is 6.07 Å². The molecule has 1 unspecified atom stereocenters. The van der Waals surface area contributed by atoms with Crippen molar-refractivity contribution in [2.24, 2.45) is 5.41 Å². The molecular weight excluding hydrogens is 246 g/mol. The number of carbonyl (C=O) groups excluding carboxylic acids is 1. The van der Waals surface area contributed by atoms with Crippen molar-refractivity contribution in [2.45, 2.75) is 32.3 Å². The standard InChI is InChI=1S/C14H15NO4/c1-9-11(14(2,8-15)13(17)18-9)19-12(16)10-6-4-3-5-7-10/h3-7,9,11,13,17H,1-2H3/t9-,11-,13?,14-/m1/s1. The third-order valence-corrected chi connectivity index (χ3v) is 3.36. The fourth-order valence-corrected chi connectivity index (χ4v) is 2.14. The Bertz CT molecular complexity index is 510. The number of aliphatic hydroxyl groups is 1. The van der Waals surface area contributed by atoms with E-state index in [0.29, 0.717) is 5.56 Å². The second kappa shape index (κ2) is 5.00. The zero-order valence-electron chi connectivity index (χ0n) is 10.7. The molecule has 0 saturated carbocycles. The van der Waals surface area contributed by atoms with E-state index in [1.807, 2.05) is 6.07 Å². The number of aliphatic hydroxyl groups excluding tert-OH is 1. The summed E-state index contributed by atoms with van der Waals surface area (Å²) < 4.78 is 10.5. The Hall–Kier alpha value is -1.90. The number of ether oxygens (including phenoxy) is 2. The number of carbonyl (C=O) groups is 1. The summed E-state index contributed by atoms with van der Waals surface area (Å²) in [5.74, 6) is -0.531. The lowest BCUT2D eigenvalue weighted by Crippen LogP contribution is -2.40. The average Bonchev–Trinajstić information content (AvgIpc) is 2.64. The van der Waals surface area contributed by atoms with Gasteiger partial charge in [0, 0.05) is 0 Å². The van der Waals surface area contributed by atoms with Crippen molar-refractivity contribution in [1.29, 1.82) is 5.26 Å². The Labute approximate surface area is 111 Å². The zero-order valence-corrected chi connectivity index (χ0v) is 10.7. The van der Waals surface area contributed by atoms with Gasteiger partial charge in [0.15, 0.2) is 12.4 Å². The molecule has 0 aromatic heterocycles. The summed E-state index contributed by atoms with van der Waals surface area (Å²) in [6, 6.07) is 10.5. The van der Waals surface area contributed by atoms with E-state index in [9.17, 15) is 15.2 Å². The third-order valence-electron chi connectivity index (χ3n) is 3.36. The van der Waals surface area contributed by atoms with Crippen LogP contribution in [0.25, 0.3) is 0 Å². The summed E-state index contributed by atoms with van der Waals surface area (Å²) in [6.07, 6.45) is -2.60. The van der Waals surface area contributed by atoms with Crippen molar-refractivity contribution in [2.75, 3.05) is 0 Å². The molecule has 5 nitrogen and oxygen atoms in total. The van der Waals surface area contributed by atoms with E-state index in [4.69, 9.17) is 9.47 Å². The highest BCUT2D eigenvalue weighted by Crippen LogP contribution is 2.39. The van der Waals surface area contributed by atoms with E-state index < -0.39 is 29.9 Å². The van der Waals surface area contributed by atoms with E-state index in [1.54, 1.807) is 37.3 Å². The van der Waals surface area contributed by atoms with Crippen molar-refractivity contribution in [3.05, 3.63) is 35.9 Å². The van der Waals surface area contributed by atoms with Crippen molar-refractivity contribution in [1.82, 2.24) is 0 Å². The summed E-state index contributed by atoms with van der Waals surface area (Å²) in [4.78, 5) is 12.0. The lowest BCUT2D eigenvalue weighted by atomic mass is 9.85. The van der Waals surface area contributed by atoms with E-state index >= 15 is 0 Å². The molecule has 1 aromatic rings. The number of benzene rings is 1. The number of esters is 1. The Morgan fingerprint density at radius 1 is 1.47 bits per heavy atom. The van der Waals surface area contributed by atoms with Gasteiger partial charge in [0.2, 0.25) is 0 Å². The highest BCUT2D eigenvalue weighted by molar-refractivity contribution is 5.89. The fourth-order valence-electron chi connectivity index (χ4n) is 2.14. The summed E-state index contributed by atoms with van der Waals surface area (Å²) >= 11 is 0. The first kappa shape index (κ1) is 13.5. The number of hydrogen-bond donors (Lipinski definition) is 1. The van der Waals surface area contributed by atoms with E-state index in [-0.39, 0.29) is 0 Å². The number of nitriles is 1. The minimum absolute atomic E-state index is 0.399. The lowest BCUT2D eigenvalue weighted by molar-refractivity contribution is -0.115. The summed E-state index contributed by atoms with van der Waals surface area (Å²) in [5, 5.41) is 18.9. The first-order valence-electron chi connectivity index (χ1n) is 6.00. The van der Waals surface area contributed by atoms with Crippen LogP contribution in [-0.2, 0) is 9.47 Å². The van der Waals surface area contributed by atoms with Crippen LogP contribution < -0.4 is 0 Å². The van der Waals surface area contributed by atoms with Crippen LogP contribution in [0.1, 0.15) is 24.2 Å². The van der Waals surface area contributed by atoms with Crippen LogP contribution >= 0.6 is 0 Å². The second-order valence-electron chi connectivity index (χ2n) is 4.78. The topological polar surface area (TPSA) is 79.6 Å². The normalized spacial score (nSPS) is 33.7. The van der Waals surface area contributed by atoms with Gasteiger partial charge >= 0.3 is 5.97 Å². The van der Waals surface area contributed by atoms with Crippen LogP contribution in [0.5, 0.6) is 0 Å². The van der Waals surface area contributed by atoms with Crippen LogP contribution in [0.4, 0.5) is 0 Å². The molecule has 1 fully saturated rings. The van der Waals surface area contributed by atoms with Crippen molar-refractivity contribution in [3.63, 3.8) is 0 Å². The van der Waals surface area contributed by atoms with Gasteiger partial charge in [-0.25, -0.2) is 4.79 Å². The number of rotatable bonds is 2. The van der Waals surface area contributed by atoms with Gasteiger partial charge in [0.1, 0.15) is 5.41 Å². The molecule has 0 amide bonds. The molecule has 4 atom stereocenters. The minimum Gasteiger partial charge on any atom is -0.454 e. The molecule has 0 aliphatic carbocycles. The number of hydrogen-bond acceptors (Lipinski definition) is 5. The molecule has 0 spiro atoms. The molecule has 1 heterocycles. The second-order valence-corrected chi connectivity index (χ2v) is 4.78. The van der Waals surface area contributed by atoms with Gasteiger partial charge in [-0.3, -0.25) is 0 Å². The van der Waals surface area contributed by atoms with Crippen LogP contribution in [-0.4, -0.2) is 29.6 Å². The SMILES string of the molecule is C[C@H]1OC(O)[C@](C)(C#N)[C@@H]1OC(=O)c1ccccc1. The van der Waals surface area contributed by atoms with Gasteiger partial charge < -0.3 is 14.6 Å². The average molecular weight is 261 g/mol. The smallest absolute Gasteiger partial charge is 0.338 e. The largest absolute Gasteiger partial charge is 0.454 e. The van der Waals surface area contributed by atoms with Crippen molar-refractivity contribution >= 4 is 5.97 Å². The molecular formula is C14H15NO4. The quantitative estimate of drug-likeness (QED) is 0.816. The van der Waals surface area contributed by atoms with Gasteiger partial charge in [-0.05, 0) is 26.0 Å². The highest BCUT2D eigenvalue weighted by Gasteiger charge is 2.54. The highest BCUT2D eigenvalue weighted by atomic mass is 16.6. The number of nitrogens with zero attached hydrogens (tertiary/aromatic N) is 1. The van der Waals surface area contributed by atoms with E-state index in [2.05, 4.69) is 0 Å². The predicted molar refractivity (Wildman–Crippen MR) is 65.9 cm³/mol. The Morgan fingerprint density at radius 2 is 2.11 bits per heavy atom.